The Balaban J connectivity index is 2.82. The zero-order chi connectivity index (χ0) is 14.5. The van der Waals surface area contributed by atoms with Gasteiger partial charge in [0.1, 0.15) is 0 Å². The van der Waals surface area contributed by atoms with Gasteiger partial charge >= 0.3 is 5.97 Å². The minimum atomic E-state index is -1.30. The second-order valence-corrected chi connectivity index (χ2v) is 4.64. The lowest BCUT2D eigenvalue weighted by atomic mass is 9.99. The molecule has 1 unspecified atom stereocenters. The van der Waals surface area contributed by atoms with Crippen molar-refractivity contribution in [1.29, 1.82) is 0 Å². The van der Waals surface area contributed by atoms with Crippen LogP contribution in [0.2, 0.25) is 0 Å². The average molecular weight is 261 g/mol. The van der Waals surface area contributed by atoms with Crippen molar-refractivity contribution in [2.75, 3.05) is 6.54 Å². The number of benzene rings is 1. The highest BCUT2D eigenvalue weighted by Crippen LogP contribution is 2.13. The smallest absolute Gasteiger partial charge is 0.303 e. The van der Waals surface area contributed by atoms with Gasteiger partial charge in [0.05, 0.1) is 0 Å². The first kappa shape index (κ1) is 15.1. The largest absolute Gasteiger partial charge is 0.450 e. The van der Waals surface area contributed by atoms with E-state index in [-0.39, 0.29) is 12.3 Å². The first-order valence-corrected chi connectivity index (χ1v) is 6.06. The van der Waals surface area contributed by atoms with Crippen molar-refractivity contribution in [3.8, 4) is 0 Å². The summed E-state index contributed by atoms with van der Waals surface area (Å²) in [6, 6.07) is 7.73. The first-order valence-electron chi connectivity index (χ1n) is 6.06. The van der Waals surface area contributed by atoms with Crippen LogP contribution < -0.4 is 5.73 Å². The van der Waals surface area contributed by atoms with Crippen LogP contribution in [0.15, 0.2) is 30.3 Å². The van der Waals surface area contributed by atoms with Crippen LogP contribution in [0.5, 0.6) is 0 Å². The summed E-state index contributed by atoms with van der Waals surface area (Å²) in [4.78, 5) is 23.0. The molecule has 0 fully saturated rings. The standard InChI is InChI=1S/C15H19NO3/c1-11-4-6-13(7-5-11)8-9-14(18)15(3,10-16)19-12(2)17/h4-9H,10,16H2,1-3H3/b9-8+. The van der Waals surface area contributed by atoms with E-state index in [0.29, 0.717) is 0 Å². The Kier molecular flexibility index (Phi) is 5.01. The van der Waals surface area contributed by atoms with Crippen LogP contribution in [-0.2, 0) is 14.3 Å². The molecule has 102 valence electrons. The quantitative estimate of drug-likeness (QED) is 0.649. The van der Waals surface area contributed by atoms with Gasteiger partial charge in [-0.1, -0.05) is 35.9 Å². The predicted molar refractivity (Wildman–Crippen MR) is 74.4 cm³/mol. The van der Waals surface area contributed by atoms with Crippen LogP contribution in [0.1, 0.15) is 25.0 Å². The number of nitrogens with two attached hydrogens (primary N) is 1. The second-order valence-electron chi connectivity index (χ2n) is 4.64. The molecule has 19 heavy (non-hydrogen) atoms. The molecule has 0 saturated carbocycles. The van der Waals surface area contributed by atoms with E-state index < -0.39 is 11.6 Å². The van der Waals surface area contributed by atoms with Crippen molar-refractivity contribution in [3.63, 3.8) is 0 Å². The van der Waals surface area contributed by atoms with Crippen molar-refractivity contribution < 1.29 is 14.3 Å². The summed E-state index contributed by atoms with van der Waals surface area (Å²) in [6.45, 7) is 4.70. The highest BCUT2D eigenvalue weighted by atomic mass is 16.6. The fourth-order valence-electron chi connectivity index (χ4n) is 1.54. The Hall–Kier alpha value is -1.94. The van der Waals surface area contributed by atoms with E-state index in [0.717, 1.165) is 11.1 Å². The lowest BCUT2D eigenvalue weighted by Crippen LogP contribution is -2.45. The van der Waals surface area contributed by atoms with E-state index in [1.165, 1.54) is 19.9 Å². The summed E-state index contributed by atoms with van der Waals surface area (Å²) in [5.41, 5.74) is 6.27. The van der Waals surface area contributed by atoms with Crippen LogP contribution in [0, 0.1) is 6.92 Å². The molecule has 1 aromatic rings. The van der Waals surface area contributed by atoms with Gasteiger partial charge in [0.2, 0.25) is 0 Å². The number of carbonyl (C=O) groups is 2. The zero-order valence-electron chi connectivity index (χ0n) is 11.5. The molecule has 1 atom stereocenters. The summed E-state index contributed by atoms with van der Waals surface area (Å²) in [6.07, 6.45) is 3.07. The summed E-state index contributed by atoms with van der Waals surface area (Å²) in [5.74, 6) is -0.851. The second kappa shape index (κ2) is 6.29. The molecule has 0 bridgehead atoms. The molecule has 0 aromatic heterocycles. The molecule has 0 radical (unpaired) electrons. The van der Waals surface area contributed by atoms with E-state index in [1.807, 2.05) is 31.2 Å². The van der Waals surface area contributed by atoms with Crippen LogP contribution in [0.3, 0.4) is 0 Å². The molecule has 4 heteroatoms. The molecule has 2 N–H and O–H groups in total. The number of rotatable bonds is 5. The molecule has 0 saturated heterocycles. The minimum absolute atomic E-state index is 0.0519. The van der Waals surface area contributed by atoms with Crippen molar-refractivity contribution in [1.82, 2.24) is 0 Å². The Morgan fingerprint density at radius 1 is 1.32 bits per heavy atom. The Morgan fingerprint density at radius 2 is 1.89 bits per heavy atom. The fourth-order valence-corrected chi connectivity index (χ4v) is 1.54. The van der Waals surface area contributed by atoms with Crippen molar-refractivity contribution in [2.24, 2.45) is 5.73 Å². The van der Waals surface area contributed by atoms with Gasteiger partial charge in [-0.05, 0) is 25.5 Å². The van der Waals surface area contributed by atoms with E-state index in [9.17, 15) is 9.59 Å². The molecule has 0 heterocycles. The van der Waals surface area contributed by atoms with Gasteiger partial charge in [0, 0.05) is 13.5 Å². The minimum Gasteiger partial charge on any atom is -0.450 e. The third-order valence-electron chi connectivity index (χ3n) is 2.78. The number of ether oxygens (including phenoxy) is 1. The van der Waals surface area contributed by atoms with Gasteiger partial charge in [-0.3, -0.25) is 9.59 Å². The van der Waals surface area contributed by atoms with Crippen molar-refractivity contribution >= 4 is 17.8 Å². The number of hydrogen-bond acceptors (Lipinski definition) is 4. The maximum absolute atomic E-state index is 12.0. The topological polar surface area (TPSA) is 69.4 Å². The van der Waals surface area contributed by atoms with Gasteiger partial charge in [0.25, 0.3) is 0 Å². The summed E-state index contributed by atoms with van der Waals surface area (Å²) >= 11 is 0. The number of hydrogen-bond donors (Lipinski definition) is 1. The van der Waals surface area contributed by atoms with Gasteiger partial charge < -0.3 is 10.5 Å². The lowest BCUT2D eigenvalue weighted by Gasteiger charge is -2.24. The van der Waals surface area contributed by atoms with E-state index in [1.54, 1.807) is 6.08 Å². The Bertz CT molecular complexity index is 491. The predicted octanol–water partition coefficient (Wildman–Crippen LogP) is 1.86. The Morgan fingerprint density at radius 3 is 2.37 bits per heavy atom. The molecule has 0 aliphatic carbocycles. The highest BCUT2D eigenvalue weighted by Gasteiger charge is 2.33. The van der Waals surface area contributed by atoms with Crippen molar-refractivity contribution in [2.45, 2.75) is 26.4 Å². The SMILES string of the molecule is CC(=O)OC(C)(CN)C(=O)/C=C/c1ccc(C)cc1. The lowest BCUT2D eigenvalue weighted by molar-refractivity contribution is -0.160. The molecule has 4 nitrogen and oxygen atoms in total. The Labute approximate surface area is 113 Å². The number of aryl methyl sites for hydroxylation is 1. The molecular weight excluding hydrogens is 242 g/mol. The van der Waals surface area contributed by atoms with Crippen molar-refractivity contribution in [3.05, 3.63) is 41.5 Å². The van der Waals surface area contributed by atoms with E-state index in [4.69, 9.17) is 10.5 Å². The molecule has 0 amide bonds. The van der Waals surface area contributed by atoms with Gasteiger partial charge in [-0.15, -0.1) is 0 Å². The van der Waals surface area contributed by atoms with Gasteiger partial charge in [-0.25, -0.2) is 0 Å². The number of ketones is 1. The van der Waals surface area contributed by atoms with Crippen LogP contribution in [0.25, 0.3) is 6.08 Å². The maximum Gasteiger partial charge on any atom is 0.303 e. The van der Waals surface area contributed by atoms with Crippen LogP contribution in [0.4, 0.5) is 0 Å². The maximum atomic E-state index is 12.0. The summed E-state index contributed by atoms with van der Waals surface area (Å²) in [5, 5.41) is 0. The molecule has 0 aliphatic heterocycles. The summed E-state index contributed by atoms with van der Waals surface area (Å²) in [7, 11) is 0. The van der Waals surface area contributed by atoms with Gasteiger partial charge in [0.15, 0.2) is 11.4 Å². The fraction of sp³-hybridized carbons (Fsp3) is 0.333. The van der Waals surface area contributed by atoms with Crippen LogP contribution >= 0.6 is 0 Å². The molecule has 1 aromatic carbocycles. The molecule has 0 aliphatic rings. The van der Waals surface area contributed by atoms with E-state index >= 15 is 0 Å². The molecular formula is C15H19NO3. The number of esters is 1. The van der Waals surface area contributed by atoms with Crippen LogP contribution in [-0.4, -0.2) is 23.9 Å². The monoisotopic (exact) mass is 261 g/mol. The molecule has 0 spiro atoms. The normalized spacial score (nSPS) is 14.1. The number of carbonyl (C=O) groups excluding carboxylic acids is 2. The average Bonchev–Trinajstić information content (AvgIpc) is 2.36. The summed E-state index contributed by atoms with van der Waals surface area (Å²) < 4.78 is 4.99. The zero-order valence-corrected chi connectivity index (χ0v) is 11.5. The third kappa shape index (κ3) is 4.34. The van der Waals surface area contributed by atoms with Gasteiger partial charge in [-0.2, -0.15) is 0 Å². The highest BCUT2D eigenvalue weighted by molar-refractivity contribution is 6.01. The first-order chi connectivity index (χ1) is 8.87. The third-order valence-corrected chi connectivity index (χ3v) is 2.78. The van der Waals surface area contributed by atoms with E-state index in [2.05, 4.69) is 0 Å². The molecule has 1 rings (SSSR count).